The molecule has 88 heavy (non-hydrogen) atoms. The smallest absolute Gasteiger partial charge is 0.238 e. The quantitative estimate of drug-likeness (QED) is 0.0514. The van der Waals surface area contributed by atoms with Crippen molar-refractivity contribution in [1.29, 1.82) is 0 Å². The van der Waals surface area contributed by atoms with Crippen LogP contribution in [0.3, 0.4) is 0 Å². The van der Waals surface area contributed by atoms with Gasteiger partial charge in [0.25, 0.3) is 0 Å². The fraction of sp³-hybridized carbons (Fsp3) is 0.625. The average Bonchev–Trinajstić information content (AvgIpc) is 1.72. The SMILES string of the molecule is CN(C)C(=O)C1(C(=O)N2[C@@H]3CC[C@H]2CC([C@H](N)Cc2cc(F)c(F)cc2F)C3)CC1.NC(=O)C1(C(=O)N2[C@@H]3CC[C@H]2CC([C@H](N)Cc2cc(F)c(F)cc2F)C3)CC1.N[C@H](Cc1cc(F)c(F)cc1F)C1C[C@H]2CC[C@@H](C1)N2C(=O)CCC(=O)NC1CC1. The Morgan fingerprint density at radius 3 is 1.07 bits per heavy atom. The second-order valence-corrected chi connectivity index (χ2v) is 26.8. The van der Waals surface area contributed by atoms with Crippen LogP contribution in [0.4, 0.5) is 39.5 Å². The molecule has 480 valence electrons. The number of amides is 6. The van der Waals surface area contributed by atoms with E-state index in [0.29, 0.717) is 88.4 Å². The molecule has 3 unspecified atom stereocenters. The standard InChI is InChI=1S/2C22H28F3N3O2.C20H24F3N3O2/c1-27(2)20(29)22(5-6-22)21(30)28-14-3-4-15(28)8-13(7-14)19(26)10-12-9-17(24)18(25)11-16(12)23;23-17-11-19(25)18(24)9-12(17)10-20(26)13-7-15-3-4-16(8-13)28(15)22(30)6-5-21(29)27-14-1-2-14;21-14-9-16(23)15(22)7-10(14)8-17(24)11-5-12-1-2-13(6-11)26(12)19(28)20(3-4-20)18(25)27/h9,11,13-15,19H,3-8,10,26H2,1-2H3;9,11,13-16,20H,1-8,10,26H2,(H,27,29);7,9,11-13,17H,1-6,8,24H2,(H2,25,27)/t13?,14-,15+,19-;13?,15-,16+,20-;11?,12-,13+,17-/m111/s1. The first-order valence-corrected chi connectivity index (χ1v) is 31.1. The number of piperidine rings is 3. The summed E-state index contributed by atoms with van der Waals surface area (Å²) in [5.74, 6) is -10.1. The van der Waals surface area contributed by atoms with Gasteiger partial charge in [-0.15, -0.1) is 0 Å². The van der Waals surface area contributed by atoms with Gasteiger partial charge in [-0.3, -0.25) is 28.8 Å². The zero-order valence-corrected chi connectivity index (χ0v) is 49.7. The first kappa shape index (κ1) is 64.7. The molecule has 12 rings (SSSR count). The van der Waals surface area contributed by atoms with Crippen LogP contribution >= 0.6 is 0 Å². The summed E-state index contributed by atoms with van der Waals surface area (Å²) in [7, 11) is 3.35. The Morgan fingerprint density at radius 2 is 0.773 bits per heavy atom. The maximum Gasteiger partial charge on any atom is 0.238 e. The van der Waals surface area contributed by atoms with Crippen molar-refractivity contribution < 1.29 is 68.3 Å². The number of carbonyl (C=O) groups excluding carboxylic acids is 6. The molecule has 0 radical (unpaired) electrons. The van der Waals surface area contributed by atoms with Crippen molar-refractivity contribution in [3.8, 4) is 0 Å². The molecule has 6 bridgehead atoms. The molecule has 6 aliphatic heterocycles. The van der Waals surface area contributed by atoms with Crippen LogP contribution in [0.1, 0.15) is 145 Å². The van der Waals surface area contributed by atoms with Crippen molar-refractivity contribution in [3.63, 3.8) is 0 Å². The van der Waals surface area contributed by atoms with Crippen LogP contribution in [-0.2, 0) is 48.0 Å². The van der Waals surface area contributed by atoms with Gasteiger partial charge in [0.2, 0.25) is 35.4 Å². The molecule has 9 N–H and O–H groups in total. The first-order valence-electron chi connectivity index (χ1n) is 31.1. The predicted octanol–water partition coefficient (Wildman–Crippen LogP) is 7.42. The predicted molar refractivity (Wildman–Crippen MR) is 305 cm³/mol. The van der Waals surface area contributed by atoms with E-state index in [1.165, 1.54) is 4.90 Å². The number of hydrogen-bond donors (Lipinski definition) is 5. The molecular formula is C64H80F9N9O6. The lowest BCUT2D eigenvalue weighted by atomic mass is 9.82. The molecule has 3 aromatic carbocycles. The highest BCUT2D eigenvalue weighted by Crippen LogP contribution is 2.53. The number of hydrogen-bond acceptors (Lipinski definition) is 9. The molecule has 24 heteroatoms. The summed E-state index contributed by atoms with van der Waals surface area (Å²) in [6, 6.07) is 3.52. The topological polar surface area (TPSA) is 231 Å². The Bertz CT molecular complexity index is 3140. The van der Waals surface area contributed by atoms with Gasteiger partial charge < -0.3 is 47.9 Å². The van der Waals surface area contributed by atoms with Gasteiger partial charge in [0.05, 0.1) is 0 Å². The number of benzene rings is 3. The van der Waals surface area contributed by atoms with Crippen LogP contribution in [0.25, 0.3) is 0 Å². The summed E-state index contributed by atoms with van der Waals surface area (Å²) in [4.78, 5) is 82.3. The molecule has 0 spiro atoms. The maximum absolute atomic E-state index is 14.0. The Balaban J connectivity index is 0.000000146. The van der Waals surface area contributed by atoms with Crippen molar-refractivity contribution in [2.45, 2.75) is 208 Å². The van der Waals surface area contributed by atoms with E-state index in [0.717, 1.165) is 69.6 Å². The number of fused-ring (bicyclic) bond motifs is 6. The van der Waals surface area contributed by atoms with Gasteiger partial charge >= 0.3 is 0 Å². The second kappa shape index (κ2) is 25.9. The highest BCUT2D eigenvalue weighted by molar-refractivity contribution is 6.08. The number of rotatable bonds is 17. The normalized spacial score (nSPS) is 27.7. The van der Waals surface area contributed by atoms with Crippen molar-refractivity contribution in [2.24, 2.45) is 51.5 Å². The summed E-state index contributed by atoms with van der Waals surface area (Å²) >= 11 is 0. The van der Waals surface area contributed by atoms with E-state index in [-0.39, 0.29) is 132 Å². The molecule has 15 nitrogen and oxygen atoms in total. The Kier molecular flexibility index (Phi) is 19.1. The molecule has 6 saturated heterocycles. The van der Waals surface area contributed by atoms with Gasteiger partial charge in [0.15, 0.2) is 34.9 Å². The zero-order valence-electron chi connectivity index (χ0n) is 49.7. The van der Waals surface area contributed by atoms with Crippen LogP contribution in [0, 0.1) is 80.9 Å². The Morgan fingerprint density at radius 1 is 0.466 bits per heavy atom. The second-order valence-electron chi connectivity index (χ2n) is 26.8. The van der Waals surface area contributed by atoms with E-state index in [1.807, 2.05) is 14.7 Å². The van der Waals surface area contributed by atoms with Gasteiger partial charge in [-0.05, 0) is 187 Å². The van der Waals surface area contributed by atoms with Crippen LogP contribution in [0.5, 0.6) is 0 Å². The van der Waals surface area contributed by atoms with Gasteiger partial charge in [0.1, 0.15) is 28.3 Å². The van der Waals surface area contributed by atoms with Crippen LogP contribution in [-0.4, -0.2) is 130 Å². The zero-order chi connectivity index (χ0) is 63.4. The summed E-state index contributed by atoms with van der Waals surface area (Å²) in [5, 5.41) is 2.90. The minimum atomic E-state index is -1.22. The molecule has 0 aromatic heterocycles. The number of nitrogens with two attached hydrogens (primary N) is 4. The lowest BCUT2D eigenvalue weighted by molar-refractivity contribution is -0.152. The molecule has 6 heterocycles. The lowest BCUT2D eigenvalue weighted by Crippen LogP contribution is -2.54. The first-order chi connectivity index (χ1) is 41.7. The molecule has 3 aliphatic carbocycles. The lowest BCUT2D eigenvalue weighted by Gasteiger charge is -2.42. The number of primary amides is 1. The number of halogens is 9. The largest absolute Gasteiger partial charge is 0.369 e. The third-order valence-corrected chi connectivity index (χ3v) is 20.6. The summed E-state index contributed by atoms with van der Waals surface area (Å²) in [6.45, 7) is 0. The van der Waals surface area contributed by atoms with Crippen molar-refractivity contribution in [1.82, 2.24) is 24.9 Å². The summed E-state index contributed by atoms with van der Waals surface area (Å²) < 4.78 is 122. The maximum atomic E-state index is 14.0. The van der Waals surface area contributed by atoms with E-state index in [1.54, 1.807) is 14.1 Å². The van der Waals surface area contributed by atoms with Crippen molar-refractivity contribution in [2.75, 3.05) is 14.1 Å². The van der Waals surface area contributed by atoms with E-state index in [9.17, 15) is 68.3 Å². The van der Waals surface area contributed by atoms with Crippen molar-refractivity contribution in [3.05, 3.63) is 105 Å². The fourth-order valence-corrected chi connectivity index (χ4v) is 15.3. The number of nitrogens with zero attached hydrogens (tertiary/aromatic N) is 4. The summed E-state index contributed by atoms with van der Waals surface area (Å²) in [5.41, 5.74) is 22.7. The molecule has 3 aromatic rings. The monoisotopic (exact) mass is 1240 g/mol. The molecule has 9 fully saturated rings. The van der Waals surface area contributed by atoms with Crippen LogP contribution in [0.15, 0.2) is 36.4 Å². The number of nitrogens with one attached hydrogen (secondary N) is 1. The van der Waals surface area contributed by atoms with Crippen LogP contribution in [0.2, 0.25) is 0 Å². The Labute approximate surface area is 506 Å². The minimum Gasteiger partial charge on any atom is -0.369 e. The number of carbonyl (C=O) groups is 6. The molecule has 6 amide bonds. The highest BCUT2D eigenvalue weighted by Gasteiger charge is 2.62. The van der Waals surface area contributed by atoms with E-state index in [4.69, 9.17) is 22.9 Å². The Hall–Kier alpha value is -6.27. The third kappa shape index (κ3) is 13.6. The molecule has 3 saturated carbocycles. The van der Waals surface area contributed by atoms with Gasteiger partial charge in [-0.2, -0.15) is 0 Å². The molecular weight excluding hydrogens is 1160 g/mol. The van der Waals surface area contributed by atoms with E-state index >= 15 is 0 Å². The van der Waals surface area contributed by atoms with Gasteiger partial charge in [-0.25, -0.2) is 39.5 Å². The van der Waals surface area contributed by atoms with Gasteiger partial charge in [-0.1, -0.05) is 0 Å². The average molecular weight is 1240 g/mol. The minimum absolute atomic E-state index is 0.00562. The van der Waals surface area contributed by atoms with E-state index in [2.05, 4.69) is 5.32 Å². The summed E-state index contributed by atoms with van der Waals surface area (Å²) in [6.07, 6.45) is 14.3. The van der Waals surface area contributed by atoms with Gasteiger partial charge in [0, 0.05) is 106 Å². The fourth-order valence-electron chi connectivity index (χ4n) is 15.3. The van der Waals surface area contributed by atoms with Crippen LogP contribution < -0.4 is 28.3 Å². The van der Waals surface area contributed by atoms with Crippen molar-refractivity contribution >= 4 is 35.4 Å². The third-order valence-electron chi connectivity index (χ3n) is 20.6. The highest BCUT2D eigenvalue weighted by atomic mass is 19.2. The molecule has 9 aliphatic rings. The van der Waals surface area contributed by atoms with E-state index < -0.39 is 87.2 Å². The molecule has 12 atom stereocenters.